The van der Waals surface area contributed by atoms with Gasteiger partial charge >= 0.3 is 0 Å². The topological polar surface area (TPSA) is 197 Å². The minimum atomic E-state index is -0.375. The first-order chi connectivity index (χ1) is 35.6. The van der Waals surface area contributed by atoms with Crippen molar-refractivity contribution in [1.82, 2.24) is 10.2 Å². The number of nitrogens with zero attached hydrogens (tertiary/aromatic N) is 1. The largest absolute Gasteiger partial charge is 0.394 e. The van der Waals surface area contributed by atoms with Gasteiger partial charge in [-0.1, -0.05) is 111 Å². The molecule has 1 rings (SSSR count). The first kappa shape index (κ1) is 68.5. The van der Waals surface area contributed by atoms with Gasteiger partial charge in [0.1, 0.15) is 6.61 Å². The van der Waals surface area contributed by atoms with E-state index in [0.29, 0.717) is 132 Å². The van der Waals surface area contributed by atoms with E-state index in [0.717, 1.165) is 31.0 Å². The van der Waals surface area contributed by atoms with Gasteiger partial charge in [-0.05, 0) is 25.7 Å². The lowest BCUT2D eigenvalue weighted by molar-refractivity contribution is -0.137. The van der Waals surface area contributed by atoms with Crippen molar-refractivity contribution in [3.8, 4) is 0 Å². The van der Waals surface area contributed by atoms with E-state index in [1.165, 1.54) is 126 Å². The minimum Gasteiger partial charge on any atom is -0.394 e. The van der Waals surface area contributed by atoms with Crippen LogP contribution in [0, 0.1) is 0 Å². The highest BCUT2D eigenvalue weighted by molar-refractivity contribution is 8.76. The van der Waals surface area contributed by atoms with Gasteiger partial charge in [0.05, 0.1) is 145 Å². The minimum absolute atomic E-state index is 0.0380. The Labute approximate surface area is 441 Å². The van der Waals surface area contributed by atoms with Crippen molar-refractivity contribution >= 4 is 39.3 Å². The molecule has 424 valence electrons. The summed E-state index contributed by atoms with van der Waals surface area (Å²) in [6.45, 7) is 12.2. The average Bonchev–Trinajstić information content (AvgIpc) is 3.70. The monoisotopic (exact) mass is 1070 g/mol. The lowest BCUT2D eigenvalue weighted by Gasteiger charge is -2.14. The molecule has 72 heavy (non-hydrogen) atoms. The van der Waals surface area contributed by atoms with Gasteiger partial charge in [-0.3, -0.25) is 19.3 Å². The second-order valence-corrected chi connectivity index (χ2v) is 19.7. The number of carbonyl (C=O) groups is 3. The van der Waals surface area contributed by atoms with E-state index in [-0.39, 0.29) is 50.6 Å². The maximum Gasteiger partial charge on any atom is 0.253 e. The number of rotatable bonds is 62. The molecule has 20 heteroatoms. The van der Waals surface area contributed by atoms with Crippen molar-refractivity contribution in [1.29, 1.82) is 0 Å². The summed E-state index contributed by atoms with van der Waals surface area (Å²) in [5.41, 5.74) is 0. The van der Waals surface area contributed by atoms with Gasteiger partial charge in [0.15, 0.2) is 0 Å². The van der Waals surface area contributed by atoms with Crippen LogP contribution in [0.2, 0.25) is 0 Å². The van der Waals surface area contributed by atoms with Gasteiger partial charge < -0.3 is 67.3 Å². The van der Waals surface area contributed by atoms with Crippen LogP contribution < -0.4 is 5.32 Å². The van der Waals surface area contributed by atoms with Gasteiger partial charge in [-0.15, -0.1) is 0 Å². The summed E-state index contributed by atoms with van der Waals surface area (Å²) in [7, 11) is 4.15. The molecular formula is C52H98N2O16S2. The van der Waals surface area contributed by atoms with Crippen molar-refractivity contribution in [2.45, 2.75) is 116 Å². The molecule has 1 heterocycles. The molecule has 0 saturated carbocycles. The van der Waals surface area contributed by atoms with Crippen LogP contribution in [0.25, 0.3) is 0 Å². The third-order valence-electron chi connectivity index (χ3n) is 10.9. The Morgan fingerprint density at radius 2 is 0.639 bits per heavy atom. The Morgan fingerprint density at radius 1 is 0.375 bits per heavy atom. The average molecular weight is 1070 g/mol. The van der Waals surface area contributed by atoms with Gasteiger partial charge in [0.25, 0.3) is 11.8 Å². The quantitative estimate of drug-likeness (QED) is 0.0374. The molecule has 0 unspecified atom stereocenters. The highest BCUT2D eigenvalue weighted by Crippen LogP contribution is 2.25. The fourth-order valence-electron chi connectivity index (χ4n) is 6.86. The van der Waals surface area contributed by atoms with Crippen LogP contribution in [0.4, 0.5) is 0 Å². The Morgan fingerprint density at radius 3 is 0.958 bits per heavy atom. The summed E-state index contributed by atoms with van der Waals surface area (Å²) in [5.74, 6) is 1.51. The second kappa shape index (κ2) is 58.8. The number of nitrogens with one attached hydrogen (secondary N) is 1. The predicted octanol–water partition coefficient (Wildman–Crippen LogP) is 6.62. The first-order valence-electron chi connectivity index (χ1n) is 27.2. The van der Waals surface area contributed by atoms with Crippen LogP contribution >= 0.6 is 21.6 Å². The number of aliphatic hydroxyl groups is 1. The van der Waals surface area contributed by atoms with Gasteiger partial charge in [-0.2, -0.15) is 0 Å². The number of unbranched alkanes of at least 4 members (excludes halogenated alkanes) is 16. The maximum absolute atomic E-state index is 11.8. The van der Waals surface area contributed by atoms with Crippen LogP contribution in [-0.4, -0.2) is 217 Å². The maximum atomic E-state index is 11.8. The van der Waals surface area contributed by atoms with E-state index in [1.54, 1.807) is 0 Å². The zero-order valence-corrected chi connectivity index (χ0v) is 45.9. The summed E-state index contributed by atoms with van der Waals surface area (Å²) >= 11 is 0. The van der Waals surface area contributed by atoms with Crippen molar-refractivity contribution in [3.05, 3.63) is 12.2 Å². The SMILES string of the molecule is O=C(COCCOCCOCCOCCOCCOCCOCCCCCCCCCCCSSCCCCCCCCCCCOCCOCCOCCOCCOCCO)NCCN1C(=O)C=CC1=O. The normalized spacial score (nSPS) is 12.6. The molecule has 0 saturated heterocycles. The van der Waals surface area contributed by atoms with Crippen LogP contribution in [0.5, 0.6) is 0 Å². The molecule has 0 bridgehead atoms. The lowest BCUT2D eigenvalue weighted by atomic mass is 10.1. The zero-order valence-electron chi connectivity index (χ0n) is 44.2. The van der Waals surface area contributed by atoms with Crippen molar-refractivity contribution in [2.24, 2.45) is 0 Å². The smallest absolute Gasteiger partial charge is 0.253 e. The highest BCUT2D eigenvalue weighted by atomic mass is 33.1. The zero-order chi connectivity index (χ0) is 51.6. The lowest BCUT2D eigenvalue weighted by Crippen LogP contribution is -2.39. The number of amides is 3. The highest BCUT2D eigenvalue weighted by Gasteiger charge is 2.22. The van der Waals surface area contributed by atoms with Crippen LogP contribution in [-0.2, 0) is 71.2 Å². The van der Waals surface area contributed by atoms with Crippen LogP contribution in [0.1, 0.15) is 116 Å². The fraction of sp³-hybridized carbons (Fsp3) is 0.904. The number of hydrogen-bond donors (Lipinski definition) is 2. The van der Waals surface area contributed by atoms with E-state index in [2.05, 4.69) is 26.9 Å². The molecule has 0 atom stereocenters. The van der Waals surface area contributed by atoms with Gasteiger partial charge in [0.2, 0.25) is 5.91 Å². The van der Waals surface area contributed by atoms with E-state index in [4.69, 9.17) is 61.9 Å². The van der Waals surface area contributed by atoms with E-state index in [1.807, 2.05) is 0 Å². The summed E-state index contributed by atoms with van der Waals surface area (Å²) in [5, 5.41) is 11.2. The molecular weight excluding hydrogens is 973 g/mol. The molecule has 0 radical (unpaired) electrons. The van der Waals surface area contributed by atoms with E-state index >= 15 is 0 Å². The Kier molecular flexibility index (Phi) is 56.0. The van der Waals surface area contributed by atoms with Crippen LogP contribution in [0.3, 0.4) is 0 Å². The number of imide groups is 1. The third-order valence-corrected chi connectivity index (χ3v) is 13.4. The molecule has 0 aliphatic carbocycles. The number of carbonyl (C=O) groups excluding carboxylic acids is 3. The number of aliphatic hydroxyl groups excluding tert-OH is 1. The number of hydrogen-bond acceptors (Lipinski definition) is 18. The molecule has 0 aromatic rings. The van der Waals surface area contributed by atoms with Crippen molar-refractivity contribution in [3.63, 3.8) is 0 Å². The fourth-order valence-corrected chi connectivity index (χ4v) is 9.16. The summed E-state index contributed by atoms with van der Waals surface area (Å²) in [6.07, 6.45) is 26.1. The number of ether oxygens (including phenoxy) is 12. The van der Waals surface area contributed by atoms with Crippen LogP contribution in [0.15, 0.2) is 12.2 Å². The summed E-state index contributed by atoms with van der Waals surface area (Å²) in [6, 6.07) is 0. The van der Waals surface area contributed by atoms with E-state index in [9.17, 15) is 14.4 Å². The molecule has 0 aromatic carbocycles. The predicted molar refractivity (Wildman–Crippen MR) is 284 cm³/mol. The summed E-state index contributed by atoms with van der Waals surface area (Å²) in [4.78, 5) is 35.8. The molecule has 18 nitrogen and oxygen atoms in total. The molecule has 1 aliphatic heterocycles. The van der Waals surface area contributed by atoms with Crippen molar-refractivity contribution < 1.29 is 76.3 Å². The summed E-state index contributed by atoms with van der Waals surface area (Å²) < 4.78 is 65.7. The molecule has 0 spiro atoms. The third kappa shape index (κ3) is 52.0. The standard InChI is InChI=1S/C52H98N2O16S2/c55-23-26-61-29-32-64-35-38-65-36-33-62-30-27-59-24-15-11-7-3-1-5-9-13-17-47-71-72-48-18-14-10-6-2-4-8-12-16-25-60-28-31-63-34-37-66-39-40-67-41-42-68-43-44-69-45-46-70-49-50(56)53-21-22-54-51(57)19-20-52(54)58/h19-20,55H,1-18,21-49H2,(H,53,56). The Balaban J connectivity index is 1.60. The Hall–Kier alpha value is -1.47. The van der Waals surface area contributed by atoms with Crippen molar-refractivity contribution in [2.75, 3.05) is 190 Å². The molecule has 3 amide bonds. The van der Waals surface area contributed by atoms with E-state index < -0.39 is 0 Å². The molecule has 1 aliphatic rings. The molecule has 0 fully saturated rings. The van der Waals surface area contributed by atoms with Gasteiger partial charge in [-0.25, -0.2) is 0 Å². The second-order valence-electron chi connectivity index (χ2n) is 17.0. The molecule has 0 aromatic heterocycles. The first-order valence-corrected chi connectivity index (χ1v) is 29.7. The van der Waals surface area contributed by atoms with Gasteiger partial charge in [0, 0.05) is 50.0 Å². The molecule has 2 N–H and O–H groups in total. The Bertz CT molecular complexity index is 1180.